The van der Waals surface area contributed by atoms with Gasteiger partial charge in [-0.15, -0.1) is 0 Å². The number of rotatable bonds is 4. The Bertz CT molecular complexity index is 1080. The van der Waals surface area contributed by atoms with Crippen molar-refractivity contribution < 1.29 is 4.79 Å². The van der Waals surface area contributed by atoms with E-state index < -0.39 is 0 Å². The van der Waals surface area contributed by atoms with Gasteiger partial charge in [0.05, 0.1) is 17.1 Å². The highest BCUT2D eigenvalue weighted by Gasteiger charge is 2.11. The standard InChI is InChI=1S/C20H15ClN4O/c21-14-10-15-16(12-23-20(15)22-11-14)17-7-4-8-18(24-17)25-19(26)9-13-5-2-1-3-6-13/h1-8,10-12H,9H2,(H,22,23)(H,24,25,26). The van der Waals surface area contributed by atoms with Gasteiger partial charge in [-0.05, 0) is 23.8 Å². The molecule has 3 aromatic heterocycles. The first-order chi connectivity index (χ1) is 12.7. The predicted molar refractivity (Wildman–Crippen MR) is 103 cm³/mol. The molecule has 0 bridgehead atoms. The fourth-order valence-electron chi connectivity index (χ4n) is 2.81. The summed E-state index contributed by atoms with van der Waals surface area (Å²) in [4.78, 5) is 24.2. The summed E-state index contributed by atoms with van der Waals surface area (Å²) in [6.45, 7) is 0. The Morgan fingerprint density at radius 1 is 1.12 bits per heavy atom. The van der Waals surface area contributed by atoms with Gasteiger partial charge in [0, 0.05) is 23.3 Å². The van der Waals surface area contributed by atoms with Gasteiger partial charge in [0.1, 0.15) is 11.5 Å². The van der Waals surface area contributed by atoms with E-state index in [4.69, 9.17) is 11.6 Å². The molecule has 2 N–H and O–H groups in total. The summed E-state index contributed by atoms with van der Waals surface area (Å²) in [5.41, 5.74) is 3.32. The van der Waals surface area contributed by atoms with Crippen molar-refractivity contribution in [3.05, 3.63) is 77.6 Å². The number of hydrogen-bond acceptors (Lipinski definition) is 3. The molecule has 0 aliphatic heterocycles. The molecule has 4 rings (SSSR count). The molecule has 0 radical (unpaired) electrons. The lowest BCUT2D eigenvalue weighted by atomic mass is 10.1. The number of anilines is 1. The molecule has 26 heavy (non-hydrogen) atoms. The molecule has 128 valence electrons. The highest BCUT2D eigenvalue weighted by atomic mass is 35.5. The van der Waals surface area contributed by atoms with Crippen molar-refractivity contribution in [2.24, 2.45) is 0 Å². The lowest BCUT2D eigenvalue weighted by Crippen LogP contribution is -2.15. The average molecular weight is 363 g/mol. The van der Waals surface area contributed by atoms with E-state index in [0.717, 1.165) is 27.9 Å². The number of halogens is 1. The van der Waals surface area contributed by atoms with Crippen molar-refractivity contribution >= 4 is 34.4 Å². The zero-order valence-corrected chi connectivity index (χ0v) is 14.5. The topological polar surface area (TPSA) is 70.7 Å². The number of nitrogens with one attached hydrogen (secondary N) is 2. The molecule has 0 saturated carbocycles. The van der Waals surface area contributed by atoms with E-state index in [0.29, 0.717) is 17.3 Å². The zero-order chi connectivity index (χ0) is 17.9. The molecule has 0 fully saturated rings. The van der Waals surface area contributed by atoms with Gasteiger partial charge < -0.3 is 10.3 Å². The molecule has 6 heteroatoms. The van der Waals surface area contributed by atoms with Crippen LogP contribution in [0.1, 0.15) is 5.56 Å². The van der Waals surface area contributed by atoms with Gasteiger partial charge in [-0.25, -0.2) is 9.97 Å². The lowest BCUT2D eigenvalue weighted by Gasteiger charge is -2.06. The molecular formula is C20H15ClN4O. The van der Waals surface area contributed by atoms with Crippen LogP contribution in [0.3, 0.4) is 0 Å². The minimum atomic E-state index is -0.107. The summed E-state index contributed by atoms with van der Waals surface area (Å²) in [6.07, 6.45) is 3.74. The minimum Gasteiger partial charge on any atom is -0.345 e. The van der Waals surface area contributed by atoms with Crippen molar-refractivity contribution in [2.75, 3.05) is 5.32 Å². The lowest BCUT2D eigenvalue weighted by molar-refractivity contribution is -0.115. The molecule has 0 spiro atoms. The third-order valence-corrected chi connectivity index (χ3v) is 4.20. The van der Waals surface area contributed by atoms with Crippen LogP contribution >= 0.6 is 11.6 Å². The first-order valence-electron chi connectivity index (χ1n) is 8.13. The Balaban J connectivity index is 1.58. The first-order valence-corrected chi connectivity index (χ1v) is 8.51. The van der Waals surface area contributed by atoms with Crippen molar-refractivity contribution in [1.29, 1.82) is 0 Å². The second kappa shape index (κ2) is 6.98. The number of carbonyl (C=O) groups is 1. The Kier molecular flexibility index (Phi) is 4.37. The maximum atomic E-state index is 12.3. The third kappa shape index (κ3) is 3.43. The Hall–Kier alpha value is -3.18. The van der Waals surface area contributed by atoms with Crippen LogP contribution in [0.15, 0.2) is 67.0 Å². The number of benzene rings is 1. The number of fused-ring (bicyclic) bond motifs is 1. The van der Waals surface area contributed by atoms with E-state index >= 15 is 0 Å². The second-order valence-electron chi connectivity index (χ2n) is 5.87. The maximum absolute atomic E-state index is 12.3. The normalized spacial score (nSPS) is 10.8. The van der Waals surface area contributed by atoms with Crippen molar-refractivity contribution in [1.82, 2.24) is 15.0 Å². The predicted octanol–water partition coefficient (Wildman–Crippen LogP) is 4.46. The summed E-state index contributed by atoms with van der Waals surface area (Å²) in [5, 5.41) is 4.30. The van der Waals surface area contributed by atoms with Gasteiger partial charge in [-0.1, -0.05) is 48.0 Å². The number of aromatic nitrogens is 3. The fourth-order valence-corrected chi connectivity index (χ4v) is 2.97. The summed E-state index contributed by atoms with van der Waals surface area (Å²) in [5.74, 6) is 0.400. The largest absolute Gasteiger partial charge is 0.345 e. The Morgan fingerprint density at radius 2 is 1.96 bits per heavy atom. The van der Waals surface area contributed by atoms with Crippen molar-refractivity contribution in [3.8, 4) is 11.3 Å². The summed E-state index contributed by atoms with van der Waals surface area (Å²) >= 11 is 6.06. The molecule has 3 heterocycles. The summed E-state index contributed by atoms with van der Waals surface area (Å²) in [7, 11) is 0. The third-order valence-electron chi connectivity index (χ3n) is 4.00. The van der Waals surface area contributed by atoms with Crippen LogP contribution in [-0.4, -0.2) is 20.9 Å². The van der Waals surface area contributed by atoms with Crippen LogP contribution in [-0.2, 0) is 11.2 Å². The van der Waals surface area contributed by atoms with Crippen LogP contribution in [0.2, 0.25) is 5.02 Å². The number of pyridine rings is 2. The molecule has 1 amide bonds. The molecular weight excluding hydrogens is 348 g/mol. The van der Waals surface area contributed by atoms with Crippen LogP contribution in [0.25, 0.3) is 22.3 Å². The van der Waals surface area contributed by atoms with Gasteiger partial charge in [-0.2, -0.15) is 0 Å². The first kappa shape index (κ1) is 16.3. The molecule has 4 aromatic rings. The SMILES string of the molecule is O=C(Cc1ccccc1)Nc1cccc(-c2c[nH]c3ncc(Cl)cc23)n1. The van der Waals surface area contributed by atoms with E-state index in [9.17, 15) is 4.79 Å². The molecule has 0 aliphatic carbocycles. The van der Waals surface area contributed by atoms with E-state index in [-0.39, 0.29) is 5.91 Å². The number of H-pyrrole nitrogens is 1. The smallest absolute Gasteiger partial charge is 0.229 e. The van der Waals surface area contributed by atoms with Crippen molar-refractivity contribution in [3.63, 3.8) is 0 Å². The fraction of sp³-hybridized carbons (Fsp3) is 0.0500. The average Bonchev–Trinajstić information content (AvgIpc) is 3.05. The maximum Gasteiger partial charge on any atom is 0.229 e. The zero-order valence-electron chi connectivity index (χ0n) is 13.7. The van der Waals surface area contributed by atoms with E-state index in [2.05, 4.69) is 20.3 Å². The minimum absolute atomic E-state index is 0.107. The number of nitrogens with zero attached hydrogens (tertiary/aromatic N) is 2. The summed E-state index contributed by atoms with van der Waals surface area (Å²) in [6, 6.07) is 17.0. The second-order valence-corrected chi connectivity index (χ2v) is 6.31. The number of hydrogen-bond donors (Lipinski definition) is 2. The monoisotopic (exact) mass is 362 g/mol. The van der Waals surface area contributed by atoms with Gasteiger partial charge >= 0.3 is 0 Å². The van der Waals surface area contributed by atoms with Gasteiger partial charge in [0.15, 0.2) is 0 Å². The van der Waals surface area contributed by atoms with Crippen LogP contribution in [0.5, 0.6) is 0 Å². The van der Waals surface area contributed by atoms with E-state index in [1.54, 1.807) is 12.3 Å². The quantitative estimate of drug-likeness (QED) is 0.563. The number of amides is 1. The van der Waals surface area contributed by atoms with Crippen LogP contribution < -0.4 is 5.32 Å². The Labute approximate surface area is 155 Å². The van der Waals surface area contributed by atoms with Crippen LogP contribution in [0, 0.1) is 0 Å². The van der Waals surface area contributed by atoms with E-state index in [1.807, 2.05) is 54.7 Å². The molecule has 0 atom stereocenters. The van der Waals surface area contributed by atoms with Gasteiger partial charge in [0.25, 0.3) is 0 Å². The molecule has 1 aromatic carbocycles. The number of aromatic amines is 1. The van der Waals surface area contributed by atoms with Gasteiger partial charge in [-0.3, -0.25) is 4.79 Å². The van der Waals surface area contributed by atoms with Crippen molar-refractivity contribution in [2.45, 2.75) is 6.42 Å². The highest BCUT2D eigenvalue weighted by molar-refractivity contribution is 6.31. The molecule has 0 aliphatic rings. The highest BCUT2D eigenvalue weighted by Crippen LogP contribution is 2.28. The summed E-state index contributed by atoms with van der Waals surface area (Å²) < 4.78 is 0. The Morgan fingerprint density at radius 3 is 2.81 bits per heavy atom. The molecule has 0 unspecified atom stereocenters. The number of carbonyl (C=O) groups excluding carboxylic acids is 1. The van der Waals surface area contributed by atoms with Gasteiger partial charge in [0.2, 0.25) is 5.91 Å². The van der Waals surface area contributed by atoms with E-state index in [1.165, 1.54) is 0 Å². The molecule has 0 saturated heterocycles. The molecule has 5 nitrogen and oxygen atoms in total. The van der Waals surface area contributed by atoms with Crippen LogP contribution in [0.4, 0.5) is 5.82 Å².